The summed E-state index contributed by atoms with van der Waals surface area (Å²) in [6.07, 6.45) is 14.1. The number of unbranched alkanes of at least 4 members (excludes halogenated alkanes) is 8. The van der Waals surface area contributed by atoms with Gasteiger partial charge < -0.3 is 10.4 Å². The van der Waals surface area contributed by atoms with Crippen LogP contribution in [0.3, 0.4) is 0 Å². The normalized spacial score (nSPS) is 11.5. The minimum Gasteiger partial charge on any atom is -0.391 e. The van der Waals surface area contributed by atoms with Gasteiger partial charge in [-0.15, -0.1) is 10.2 Å². The minimum absolute atomic E-state index is 0.316. The number of aliphatic hydroxyl groups excluding tert-OH is 1. The highest BCUT2D eigenvalue weighted by molar-refractivity contribution is 4.49. The van der Waals surface area contributed by atoms with Gasteiger partial charge in [-0.05, 0) is 18.8 Å². The molecule has 0 bridgehead atoms. The van der Waals surface area contributed by atoms with Crippen molar-refractivity contribution in [2.24, 2.45) is 5.92 Å². The zero-order valence-electron chi connectivity index (χ0n) is 14.8. The van der Waals surface area contributed by atoms with Gasteiger partial charge in [0.05, 0.1) is 19.7 Å². The Morgan fingerprint density at radius 3 is 1.52 bits per heavy atom. The second kappa shape index (κ2) is 18.4. The molecule has 0 aliphatic carbocycles. The molecule has 0 atom stereocenters. The predicted molar refractivity (Wildman–Crippen MR) is 79.8 cm³/mol. The lowest BCUT2D eigenvalue weighted by atomic mass is 10.0. The number of halogens is 1. The molecule has 6 nitrogen and oxygen atoms in total. The first-order valence-electron chi connectivity index (χ1n) is 8.81. The topological polar surface area (TPSA) is 129 Å². The smallest absolute Gasteiger partial charge is 0.0990 e. The van der Waals surface area contributed by atoms with Crippen LogP contribution in [0.15, 0.2) is 0 Å². The summed E-state index contributed by atoms with van der Waals surface area (Å²) >= 11 is 0. The summed E-state index contributed by atoms with van der Waals surface area (Å²) in [7, 11) is -4.94. The van der Waals surface area contributed by atoms with Crippen LogP contribution in [0.5, 0.6) is 0 Å². The first-order chi connectivity index (χ1) is 10.8. The molecular formula is C16H36ClNO5. The van der Waals surface area contributed by atoms with Gasteiger partial charge >= 0.3 is 0 Å². The molecule has 0 aromatic rings. The van der Waals surface area contributed by atoms with E-state index in [4.69, 9.17) is 23.7 Å². The first-order valence-corrected chi connectivity index (χ1v) is 10.0. The molecule has 7 heteroatoms. The molecule has 142 valence electrons. The second-order valence-electron chi connectivity index (χ2n) is 6.33. The molecule has 0 saturated heterocycles. The lowest BCUT2D eigenvalue weighted by molar-refractivity contribution is -2.00. The third-order valence-corrected chi connectivity index (χ3v) is 3.52. The van der Waals surface area contributed by atoms with E-state index in [1.807, 2.05) is 0 Å². The molecule has 0 spiro atoms. The van der Waals surface area contributed by atoms with Gasteiger partial charge in [0.25, 0.3) is 0 Å². The summed E-state index contributed by atoms with van der Waals surface area (Å²) in [5.74, 6) is 0.882. The number of hydrogen-bond donors (Lipinski definition) is 2. The van der Waals surface area contributed by atoms with E-state index in [1.165, 1.54) is 70.8 Å². The van der Waals surface area contributed by atoms with Crippen LogP contribution in [-0.2, 0) is 0 Å². The Balaban J connectivity index is 0. The van der Waals surface area contributed by atoms with Crippen molar-refractivity contribution in [3.05, 3.63) is 0 Å². The fraction of sp³-hybridized carbons (Fsp3) is 1.00. The summed E-state index contributed by atoms with van der Waals surface area (Å²) in [6.45, 7) is 7.01. The van der Waals surface area contributed by atoms with Crippen LogP contribution in [-0.4, -0.2) is 24.8 Å². The van der Waals surface area contributed by atoms with Crippen molar-refractivity contribution in [1.29, 1.82) is 0 Å². The van der Waals surface area contributed by atoms with Crippen LogP contribution in [0.4, 0.5) is 0 Å². The van der Waals surface area contributed by atoms with E-state index in [-0.39, 0.29) is 0 Å². The van der Waals surface area contributed by atoms with Gasteiger partial charge in [0.15, 0.2) is 0 Å². The standard InChI is InChI=1S/C16H35NO.ClHO4/c1-16(2)12-10-8-6-4-3-5-7-9-11-13-17-14-15-18;2-1(3,4)5/h16-18H,3-15H2,1-2H3;(H,2,3,4,5). The molecular weight excluding hydrogens is 322 g/mol. The van der Waals surface area contributed by atoms with Crippen LogP contribution >= 0.6 is 0 Å². The van der Waals surface area contributed by atoms with E-state index >= 15 is 0 Å². The van der Waals surface area contributed by atoms with Crippen molar-refractivity contribution in [2.75, 3.05) is 19.7 Å². The van der Waals surface area contributed by atoms with Crippen molar-refractivity contribution in [2.45, 2.75) is 78.1 Å². The maximum absolute atomic E-state index is 8.63. The van der Waals surface area contributed by atoms with Gasteiger partial charge in [-0.2, -0.15) is 0 Å². The fourth-order valence-corrected chi connectivity index (χ4v) is 2.31. The molecule has 0 saturated carbocycles. The van der Waals surface area contributed by atoms with E-state index in [1.54, 1.807) is 0 Å². The Bertz CT molecular complexity index is 219. The number of hydrogen-bond acceptors (Lipinski definition) is 5. The van der Waals surface area contributed by atoms with Crippen molar-refractivity contribution >= 4 is 0 Å². The van der Waals surface area contributed by atoms with Gasteiger partial charge in [0, 0.05) is 0 Å². The Morgan fingerprint density at radius 1 is 0.739 bits per heavy atom. The average molecular weight is 358 g/mol. The van der Waals surface area contributed by atoms with Crippen LogP contribution in [0, 0.1) is 16.2 Å². The summed E-state index contributed by atoms with van der Waals surface area (Å²) in [6, 6.07) is 0. The van der Waals surface area contributed by atoms with E-state index in [9.17, 15) is 0 Å². The number of quaternary nitrogens is 1. The molecule has 0 unspecified atom stereocenters. The highest BCUT2D eigenvalue weighted by atomic mass is 35.7. The molecule has 0 heterocycles. The minimum atomic E-state index is -4.94. The summed E-state index contributed by atoms with van der Waals surface area (Å²) in [5, 5.41) is 10.8. The maximum atomic E-state index is 8.63. The SMILES string of the molecule is CC(C)CCCCCCCCCCC[NH2+]CCO.[O-][Cl+3]([O-])([O-])[O-]. The number of rotatable bonds is 14. The maximum Gasteiger partial charge on any atom is 0.0990 e. The van der Waals surface area contributed by atoms with E-state index < -0.39 is 10.2 Å². The zero-order chi connectivity index (χ0) is 18.0. The van der Waals surface area contributed by atoms with Gasteiger partial charge in [0.1, 0.15) is 0 Å². The highest BCUT2D eigenvalue weighted by Crippen LogP contribution is 2.12. The Kier molecular flexibility index (Phi) is 20.2. The summed E-state index contributed by atoms with van der Waals surface area (Å²) in [4.78, 5) is 0. The van der Waals surface area contributed by atoms with E-state index in [2.05, 4.69) is 19.2 Å². The lowest BCUT2D eigenvalue weighted by Crippen LogP contribution is -2.85. The molecule has 0 aromatic carbocycles. The van der Waals surface area contributed by atoms with Crippen LogP contribution in [0.2, 0.25) is 0 Å². The average Bonchev–Trinajstić information content (AvgIpc) is 2.42. The largest absolute Gasteiger partial charge is 0.391 e. The monoisotopic (exact) mass is 357 g/mol. The van der Waals surface area contributed by atoms with Crippen LogP contribution in [0.1, 0.15) is 78.1 Å². The number of aliphatic hydroxyl groups is 1. The molecule has 0 radical (unpaired) electrons. The second-order valence-corrected chi connectivity index (χ2v) is 7.09. The fourth-order valence-electron chi connectivity index (χ4n) is 2.31. The van der Waals surface area contributed by atoms with Crippen molar-refractivity contribution in [3.8, 4) is 0 Å². The van der Waals surface area contributed by atoms with Gasteiger partial charge in [-0.3, -0.25) is 0 Å². The van der Waals surface area contributed by atoms with E-state index in [0.29, 0.717) is 6.61 Å². The molecule has 23 heavy (non-hydrogen) atoms. The van der Waals surface area contributed by atoms with Crippen molar-refractivity contribution in [3.63, 3.8) is 0 Å². The Morgan fingerprint density at radius 2 is 1.13 bits per heavy atom. The quantitative estimate of drug-likeness (QED) is 0.359. The lowest BCUT2D eigenvalue weighted by Gasteiger charge is -2.17. The molecule has 0 amide bonds. The molecule has 0 rings (SSSR count). The molecule has 0 aliphatic heterocycles. The van der Waals surface area contributed by atoms with Gasteiger partial charge in [0.2, 0.25) is 0 Å². The highest BCUT2D eigenvalue weighted by Gasteiger charge is 1.96. The predicted octanol–water partition coefficient (Wildman–Crippen LogP) is -1.66. The van der Waals surface area contributed by atoms with Crippen molar-refractivity contribution in [1.82, 2.24) is 0 Å². The van der Waals surface area contributed by atoms with Crippen LogP contribution in [0.25, 0.3) is 0 Å². The Labute approximate surface area is 143 Å². The van der Waals surface area contributed by atoms with Gasteiger partial charge in [-0.25, -0.2) is 18.6 Å². The van der Waals surface area contributed by atoms with Crippen molar-refractivity contribution < 1.29 is 39.3 Å². The van der Waals surface area contributed by atoms with Gasteiger partial charge in [-0.1, -0.05) is 65.2 Å². The van der Waals surface area contributed by atoms with E-state index in [0.717, 1.165) is 12.5 Å². The first kappa shape index (κ1) is 25.3. The third kappa shape index (κ3) is 39.1. The summed E-state index contributed by atoms with van der Waals surface area (Å²) < 4.78 is 34.0. The van der Waals surface area contributed by atoms with Crippen LogP contribution < -0.4 is 24.0 Å². The molecule has 0 fully saturated rings. The summed E-state index contributed by atoms with van der Waals surface area (Å²) in [5.41, 5.74) is 0. The molecule has 3 N–H and O–H groups in total. The zero-order valence-corrected chi connectivity index (χ0v) is 15.6. The Hall–Kier alpha value is 0.0500. The number of nitrogens with two attached hydrogens (primary N) is 1. The third-order valence-electron chi connectivity index (χ3n) is 3.52. The molecule has 0 aromatic heterocycles. The molecule has 0 aliphatic rings.